The summed E-state index contributed by atoms with van der Waals surface area (Å²) in [6.45, 7) is 0. The third-order valence-electron chi connectivity index (χ3n) is 6.01. The molecule has 4 aromatic rings. The molecule has 5 nitrogen and oxygen atoms in total. The third kappa shape index (κ3) is 3.10. The molecule has 2 heterocycles. The fourth-order valence-corrected chi connectivity index (χ4v) is 4.46. The van der Waals surface area contributed by atoms with Crippen LogP contribution in [0.3, 0.4) is 0 Å². The van der Waals surface area contributed by atoms with Crippen molar-refractivity contribution in [2.45, 2.75) is 0 Å². The van der Waals surface area contributed by atoms with Crippen LogP contribution in [0.15, 0.2) is 100 Å². The van der Waals surface area contributed by atoms with Crippen LogP contribution in [-0.4, -0.2) is 16.1 Å². The molecule has 0 saturated heterocycles. The van der Waals surface area contributed by atoms with Crippen LogP contribution in [-0.2, 0) is 0 Å². The van der Waals surface area contributed by atoms with E-state index in [1.807, 2.05) is 36.5 Å². The van der Waals surface area contributed by atoms with Crippen molar-refractivity contribution in [1.29, 1.82) is 0 Å². The van der Waals surface area contributed by atoms with E-state index < -0.39 is 5.97 Å². The quantitative estimate of drug-likeness (QED) is 0.317. The minimum Gasteiger partial charge on any atom is -0.478 e. The zero-order valence-corrected chi connectivity index (χ0v) is 17.3. The Hall–Kier alpha value is -4.64. The van der Waals surface area contributed by atoms with Gasteiger partial charge < -0.3 is 14.5 Å². The second-order valence-electron chi connectivity index (χ2n) is 7.98. The van der Waals surface area contributed by atoms with Crippen LogP contribution < -0.4 is 5.43 Å². The first-order valence-electron chi connectivity index (χ1n) is 10.5. The predicted molar refractivity (Wildman–Crippen MR) is 129 cm³/mol. The highest BCUT2D eigenvalue weighted by Gasteiger charge is 2.21. The van der Waals surface area contributed by atoms with E-state index in [0.29, 0.717) is 22.5 Å². The Bertz CT molecular complexity index is 1720. The largest absolute Gasteiger partial charge is 0.478 e. The van der Waals surface area contributed by atoms with Gasteiger partial charge in [-0.05, 0) is 64.5 Å². The first-order chi connectivity index (χ1) is 16.1. The molecule has 1 aliphatic heterocycles. The van der Waals surface area contributed by atoms with Gasteiger partial charge >= 0.3 is 5.97 Å². The summed E-state index contributed by atoms with van der Waals surface area (Å²) in [6.07, 6.45) is 1.91. The molecule has 5 heteroatoms. The molecule has 0 spiro atoms. The minimum absolute atomic E-state index is 0.170. The van der Waals surface area contributed by atoms with Crippen molar-refractivity contribution in [3.05, 3.63) is 107 Å². The number of aromatic nitrogens is 1. The summed E-state index contributed by atoms with van der Waals surface area (Å²) in [4.78, 5) is 27.3. The van der Waals surface area contributed by atoms with Gasteiger partial charge in [0.1, 0.15) is 11.3 Å². The molecule has 6 rings (SSSR count). The molecule has 33 heavy (non-hydrogen) atoms. The Morgan fingerprint density at radius 2 is 1.64 bits per heavy atom. The van der Waals surface area contributed by atoms with Gasteiger partial charge in [0.05, 0.1) is 5.56 Å². The fourth-order valence-electron chi connectivity index (χ4n) is 4.46. The van der Waals surface area contributed by atoms with Crippen LogP contribution in [0.2, 0.25) is 0 Å². The number of carboxylic acid groups (broad SMARTS) is 1. The van der Waals surface area contributed by atoms with E-state index in [0.717, 1.165) is 33.0 Å². The Kier molecular flexibility index (Phi) is 4.17. The molecule has 1 aliphatic carbocycles. The number of H-pyrrole nitrogens is 1. The van der Waals surface area contributed by atoms with Crippen LogP contribution in [0, 0.1) is 0 Å². The molecule has 0 radical (unpaired) electrons. The van der Waals surface area contributed by atoms with E-state index in [4.69, 9.17) is 4.42 Å². The van der Waals surface area contributed by atoms with Crippen LogP contribution in [0.1, 0.15) is 10.4 Å². The van der Waals surface area contributed by atoms with Gasteiger partial charge in [0.2, 0.25) is 0 Å². The zero-order chi connectivity index (χ0) is 22.5. The SMILES string of the molecule is O=C(O)c1ccccc1-c1c2ccc(=O)cc-2oc2cc(-c3ccc4cc[nH]c4c3)ccc12. The zero-order valence-electron chi connectivity index (χ0n) is 17.3. The highest BCUT2D eigenvalue weighted by Crippen LogP contribution is 2.42. The molecule has 3 aromatic carbocycles. The molecule has 158 valence electrons. The number of fused-ring (bicyclic) bond motifs is 3. The van der Waals surface area contributed by atoms with Gasteiger partial charge in [-0.2, -0.15) is 0 Å². The fraction of sp³-hybridized carbons (Fsp3) is 0. The topological polar surface area (TPSA) is 83.3 Å². The summed E-state index contributed by atoms with van der Waals surface area (Å²) in [5, 5.41) is 11.7. The van der Waals surface area contributed by atoms with E-state index in [1.54, 1.807) is 24.3 Å². The lowest BCUT2D eigenvalue weighted by molar-refractivity contribution is 0.0697. The number of nitrogens with one attached hydrogen (secondary N) is 1. The highest BCUT2D eigenvalue weighted by molar-refractivity contribution is 6.08. The monoisotopic (exact) mass is 431 g/mol. The standard InChI is InChI=1S/C28H17NO4/c30-19-8-10-23-26(15-19)33-25-14-18(17-6-5-16-11-12-29-24(16)13-17)7-9-22(25)27(23)20-3-1-2-4-21(20)28(31)32/h1-15,29H,(H,31,32). The Labute approximate surface area is 187 Å². The van der Waals surface area contributed by atoms with E-state index >= 15 is 0 Å². The number of carbonyl (C=O) groups is 1. The highest BCUT2D eigenvalue weighted by atomic mass is 16.4. The van der Waals surface area contributed by atoms with Gasteiger partial charge in [0.25, 0.3) is 0 Å². The second kappa shape index (κ2) is 7.21. The lowest BCUT2D eigenvalue weighted by atomic mass is 9.90. The number of aromatic carboxylic acids is 1. The molecule has 0 unspecified atom stereocenters. The van der Waals surface area contributed by atoms with Gasteiger partial charge in [-0.25, -0.2) is 4.79 Å². The van der Waals surface area contributed by atoms with Gasteiger partial charge in [-0.1, -0.05) is 36.4 Å². The van der Waals surface area contributed by atoms with Crippen molar-refractivity contribution in [2.24, 2.45) is 0 Å². The lowest BCUT2D eigenvalue weighted by Crippen LogP contribution is -2.03. The summed E-state index contributed by atoms with van der Waals surface area (Å²) >= 11 is 0. The van der Waals surface area contributed by atoms with Crippen molar-refractivity contribution >= 4 is 27.8 Å². The number of benzene rings is 4. The second-order valence-corrected chi connectivity index (χ2v) is 7.98. The number of hydrogen-bond acceptors (Lipinski definition) is 3. The average molecular weight is 431 g/mol. The number of hydrogen-bond donors (Lipinski definition) is 2. The van der Waals surface area contributed by atoms with Crippen molar-refractivity contribution in [3.63, 3.8) is 0 Å². The van der Waals surface area contributed by atoms with Crippen LogP contribution in [0.5, 0.6) is 0 Å². The molecule has 2 aliphatic rings. The normalized spacial score (nSPS) is 11.4. The molecule has 0 saturated carbocycles. The van der Waals surface area contributed by atoms with E-state index in [-0.39, 0.29) is 11.0 Å². The molecular weight excluding hydrogens is 414 g/mol. The molecule has 1 aromatic heterocycles. The number of aromatic amines is 1. The van der Waals surface area contributed by atoms with Crippen LogP contribution in [0.4, 0.5) is 0 Å². The third-order valence-corrected chi connectivity index (χ3v) is 6.01. The molecule has 2 N–H and O–H groups in total. The van der Waals surface area contributed by atoms with Crippen molar-refractivity contribution in [3.8, 4) is 33.6 Å². The Morgan fingerprint density at radius 3 is 2.52 bits per heavy atom. The maximum absolute atomic E-state index is 12.1. The molecule has 0 fully saturated rings. The molecule has 0 atom stereocenters. The van der Waals surface area contributed by atoms with E-state index in [1.165, 1.54) is 12.1 Å². The lowest BCUT2D eigenvalue weighted by Gasteiger charge is -2.17. The summed E-state index contributed by atoms with van der Waals surface area (Å²) in [5.41, 5.74) is 5.62. The first-order valence-corrected chi connectivity index (χ1v) is 10.5. The van der Waals surface area contributed by atoms with Gasteiger partial charge in [-0.15, -0.1) is 0 Å². The number of rotatable bonds is 3. The maximum atomic E-state index is 12.1. The predicted octanol–water partition coefficient (Wildman–Crippen LogP) is 6.41. The van der Waals surface area contributed by atoms with Crippen LogP contribution >= 0.6 is 0 Å². The molecule has 0 amide bonds. The van der Waals surface area contributed by atoms with E-state index in [2.05, 4.69) is 23.2 Å². The van der Waals surface area contributed by atoms with Gasteiger partial charge in [-0.3, -0.25) is 4.79 Å². The summed E-state index contributed by atoms with van der Waals surface area (Å²) < 4.78 is 6.17. The molecular formula is C28H17NO4. The van der Waals surface area contributed by atoms with Crippen molar-refractivity contribution in [1.82, 2.24) is 4.98 Å². The Balaban J connectivity index is 1.67. The van der Waals surface area contributed by atoms with Gasteiger partial charge in [0, 0.05) is 34.3 Å². The summed E-state index contributed by atoms with van der Waals surface area (Å²) in [5.74, 6) is -0.592. The van der Waals surface area contributed by atoms with Gasteiger partial charge in [0.15, 0.2) is 5.43 Å². The van der Waals surface area contributed by atoms with Crippen LogP contribution in [0.25, 0.3) is 55.4 Å². The van der Waals surface area contributed by atoms with Crippen molar-refractivity contribution in [2.75, 3.05) is 0 Å². The van der Waals surface area contributed by atoms with Crippen molar-refractivity contribution < 1.29 is 14.3 Å². The summed E-state index contributed by atoms with van der Waals surface area (Å²) in [7, 11) is 0. The minimum atomic E-state index is -1.01. The average Bonchev–Trinajstić information content (AvgIpc) is 3.30. The number of carboxylic acids is 1. The maximum Gasteiger partial charge on any atom is 0.336 e. The first kappa shape index (κ1) is 19.1. The smallest absolute Gasteiger partial charge is 0.336 e. The van der Waals surface area contributed by atoms with E-state index in [9.17, 15) is 14.7 Å². The summed E-state index contributed by atoms with van der Waals surface area (Å²) in [6, 6.07) is 25.6. The Morgan fingerprint density at radius 1 is 0.818 bits per heavy atom. The molecule has 0 bridgehead atoms.